The minimum Gasteiger partial charge on any atom is -0.490 e. The average Bonchev–Trinajstić information content (AvgIpc) is 3.21. The molecule has 0 fully saturated rings. The van der Waals surface area contributed by atoms with Gasteiger partial charge in [-0.1, -0.05) is 25.1 Å². The molecule has 0 saturated carbocycles. The molecule has 0 saturated heterocycles. The molecule has 1 aromatic heterocycles. The van der Waals surface area contributed by atoms with Gasteiger partial charge in [0.2, 0.25) is 0 Å². The van der Waals surface area contributed by atoms with Gasteiger partial charge in [-0.15, -0.1) is 0 Å². The second-order valence-electron chi connectivity index (χ2n) is 6.25. The second kappa shape index (κ2) is 9.60. The number of ether oxygens (including phenoxy) is 2. The summed E-state index contributed by atoms with van der Waals surface area (Å²) in [6, 6.07) is 15.1. The molecule has 0 unspecified atom stereocenters. The Labute approximate surface area is 165 Å². The highest BCUT2D eigenvalue weighted by atomic mass is 16.5. The van der Waals surface area contributed by atoms with Gasteiger partial charge in [0.1, 0.15) is 0 Å². The van der Waals surface area contributed by atoms with E-state index in [9.17, 15) is 4.79 Å². The van der Waals surface area contributed by atoms with Crippen molar-refractivity contribution in [3.63, 3.8) is 0 Å². The maximum atomic E-state index is 12.5. The Kier molecular flexibility index (Phi) is 6.68. The molecule has 0 bridgehead atoms. The van der Waals surface area contributed by atoms with Crippen molar-refractivity contribution in [1.29, 1.82) is 0 Å². The van der Waals surface area contributed by atoms with Crippen LogP contribution < -0.4 is 14.8 Å². The summed E-state index contributed by atoms with van der Waals surface area (Å²) in [7, 11) is 0. The van der Waals surface area contributed by atoms with Gasteiger partial charge in [-0.25, -0.2) is 4.68 Å². The Morgan fingerprint density at radius 1 is 1.07 bits per heavy atom. The first-order valence-corrected chi connectivity index (χ1v) is 9.48. The molecule has 1 amide bonds. The SMILES string of the molecule is CCCOc1ccc(C(=O)NCc2cnn(-c3ccccc3)c2)cc1OCC. The molecule has 6 heteroatoms. The Hall–Kier alpha value is -3.28. The van der Waals surface area contributed by atoms with E-state index in [2.05, 4.69) is 10.4 Å². The topological polar surface area (TPSA) is 65.4 Å². The van der Waals surface area contributed by atoms with E-state index in [1.54, 1.807) is 29.1 Å². The van der Waals surface area contributed by atoms with E-state index < -0.39 is 0 Å². The first kappa shape index (κ1) is 19.5. The van der Waals surface area contributed by atoms with Crippen molar-refractivity contribution in [2.45, 2.75) is 26.8 Å². The highest BCUT2D eigenvalue weighted by Crippen LogP contribution is 2.28. The number of hydrogen-bond acceptors (Lipinski definition) is 4. The Morgan fingerprint density at radius 3 is 2.64 bits per heavy atom. The van der Waals surface area contributed by atoms with Crippen LogP contribution in [0.25, 0.3) is 5.69 Å². The lowest BCUT2D eigenvalue weighted by Crippen LogP contribution is -2.22. The number of para-hydroxylation sites is 1. The van der Waals surface area contributed by atoms with E-state index in [0.717, 1.165) is 17.7 Å². The summed E-state index contributed by atoms with van der Waals surface area (Å²) in [5.74, 6) is 1.07. The van der Waals surface area contributed by atoms with Crippen molar-refractivity contribution < 1.29 is 14.3 Å². The summed E-state index contributed by atoms with van der Waals surface area (Å²) in [6.07, 6.45) is 4.56. The number of hydrogen-bond donors (Lipinski definition) is 1. The maximum Gasteiger partial charge on any atom is 0.251 e. The zero-order valence-electron chi connectivity index (χ0n) is 16.2. The van der Waals surface area contributed by atoms with E-state index in [-0.39, 0.29) is 5.91 Å². The van der Waals surface area contributed by atoms with Crippen LogP contribution in [0, 0.1) is 0 Å². The molecule has 0 aliphatic rings. The number of nitrogens with one attached hydrogen (secondary N) is 1. The Bertz CT molecular complexity index is 906. The van der Waals surface area contributed by atoms with Crippen LogP contribution >= 0.6 is 0 Å². The summed E-state index contributed by atoms with van der Waals surface area (Å²) in [5, 5.41) is 7.27. The molecule has 146 valence electrons. The highest BCUT2D eigenvalue weighted by Gasteiger charge is 2.12. The molecule has 1 heterocycles. The quantitative estimate of drug-likeness (QED) is 0.610. The standard InChI is InChI=1S/C22H25N3O3/c1-3-12-28-20-11-10-18(13-21(20)27-4-2)22(26)23-14-17-15-24-25(16-17)19-8-6-5-7-9-19/h5-11,13,15-16H,3-4,12,14H2,1-2H3,(H,23,26). The fraction of sp³-hybridized carbons (Fsp3) is 0.273. The third-order valence-electron chi connectivity index (χ3n) is 4.08. The molecule has 6 nitrogen and oxygen atoms in total. The summed E-state index contributed by atoms with van der Waals surface area (Å²) in [5.41, 5.74) is 2.43. The van der Waals surface area contributed by atoms with Crippen molar-refractivity contribution >= 4 is 5.91 Å². The van der Waals surface area contributed by atoms with Gasteiger partial charge in [-0.3, -0.25) is 4.79 Å². The van der Waals surface area contributed by atoms with Crippen molar-refractivity contribution in [2.75, 3.05) is 13.2 Å². The molecule has 0 radical (unpaired) electrons. The molecule has 3 aromatic rings. The molecule has 3 rings (SSSR count). The van der Waals surface area contributed by atoms with Crippen LogP contribution in [-0.4, -0.2) is 28.9 Å². The fourth-order valence-electron chi connectivity index (χ4n) is 2.71. The minimum atomic E-state index is -0.171. The van der Waals surface area contributed by atoms with Crippen molar-refractivity contribution in [3.05, 3.63) is 72.1 Å². The van der Waals surface area contributed by atoms with E-state index in [4.69, 9.17) is 9.47 Å². The van der Waals surface area contributed by atoms with E-state index in [1.807, 2.05) is 50.4 Å². The monoisotopic (exact) mass is 379 g/mol. The lowest BCUT2D eigenvalue weighted by molar-refractivity contribution is 0.0950. The molecule has 0 spiro atoms. The predicted molar refractivity (Wildman–Crippen MR) is 108 cm³/mol. The Balaban J connectivity index is 1.64. The predicted octanol–water partition coefficient (Wildman–Crippen LogP) is 3.99. The van der Waals surface area contributed by atoms with Crippen molar-refractivity contribution in [1.82, 2.24) is 15.1 Å². The number of aromatic nitrogens is 2. The van der Waals surface area contributed by atoms with Gasteiger partial charge >= 0.3 is 0 Å². The molecule has 2 aromatic carbocycles. The van der Waals surface area contributed by atoms with Crippen LogP contribution in [-0.2, 0) is 6.54 Å². The number of amides is 1. The van der Waals surface area contributed by atoms with Crippen LogP contribution in [0.3, 0.4) is 0 Å². The van der Waals surface area contributed by atoms with Crippen LogP contribution in [0.5, 0.6) is 11.5 Å². The lowest BCUT2D eigenvalue weighted by atomic mass is 10.2. The number of rotatable bonds is 9. The van der Waals surface area contributed by atoms with Crippen LogP contribution in [0.4, 0.5) is 0 Å². The Morgan fingerprint density at radius 2 is 1.89 bits per heavy atom. The van der Waals surface area contributed by atoms with Crippen LogP contribution in [0.2, 0.25) is 0 Å². The molecular formula is C22H25N3O3. The summed E-state index contributed by atoms with van der Waals surface area (Å²) < 4.78 is 13.1. The minimum absolute atomic E-state index is 0.171. The first-order chi connectivity index (χ1) is 13.7. The van der Waals surface area contributed by atoms with Gasteiger partial charge in [-0.2, -0.15) is 5.10 Å². The van der Waals surface area contributed by atoms with Gasteiger partial charge in [-0.05, 0) is 43.7 Å². The zero-order valence-corrected chi connectivity index (χ0v) is 16.2. The molecular weight excluding hydrogens is 354 g/mol. The zero-order chi connectivity index (χ0) is 19.8. The number of benzene rings is 2. The normalized spacial score (nSPS) is 10.5. The van der Waals surface area contributed by atoms with Crippen molar-refractivity contribution in [3.8, 4) is 17.2 Å². The van der Waals surface area contributed by atoms with Crippen molar-refractivity contribution in [2.24, 2.45) is 0 Å². The van der Waals surface area contributed by atoms with E-state index in [1.165, 1.54) is 0 Å². The van der Waals surface area contributed by atoms with Gasteiger partial charge in [0.25, 0.3) is 5.91 Å². The number of carbonyl (C=O) groups excluding carboxylic acids is 1. The van der Waals surface area contributed by atoms with E-state index in [0.29, 0.717) is 36.8 Å². The highest BCUT2D eigenvalue weighted by molar-refractivity contribution is 5.94. The average molecular weight is 379 g/mol. The van der Waals surface area contributed by atoms with E-state index >= 15 is 0 Å². The molecule has 0 aliphatic heterocycles. The molecule has 0 atom stereocenters. The molecule has 1 N–H and O–H groups in total. The van der Waals surface area contributed by atoms with Gasteiger partial charge < -0.3 is 14.8 Å². The van der Waals surface area contributed by atoms with Crippen LogP contribution in [0.15, 0.2) is 60.9 Å². The fourth-order valence-corrected chi connectivity index (χ4v) is 2.71. The molecule has 28 heavy (non-hydrogen) atoms. The number of nitrogens with zero attached hydrogens (tertiary/aromatic N) is 2. The third kappa shape index (κ3) is 4.91. The van der Waals surface area contributed by atoms with Gasteiger partial charge in [0, 0.05) is 23.9 Å². The summed E-state index contributed by atoms with van der Waals surface area (Å²) in [6.45, 7) is 5.45. The molecule has 0 aliphatic carbocycles. The van der Waals surface area contributed by atoms with Gasteiger partial charge in [0.15, 0.2) is 11.5 Å². The summed E-state index contributed by atoms with van der Waals surface area (Å²) >= 11 is 0. The van der Waals surface area contributed by atoms with Gasteiger partial charge in [0.05, 0.1) is 25.1 Å². The third-order valence-corrected chi connectivity index (χ3v) is 4.08. The smallest absolute Gasteiger partial charge is 0.251 e. The largest absolute Gasteiger partial charge is 0.490 e. The lowest BCUT2D eigenvalue weighted by Gasteiger charge is -2.13. The second-order valence-corrected chi connectivity index (χ2v) is 6.25. The van der Waals surface area contributed by atoms with Crippen LogP contribution in [0.1, 0.15) is 36.2 Å². The number of carbonyl (C=O) groups is 1. The summed E-state index contributed by atoms with van der Waals surface area (Å²) in [4.78, 5) is 12.5. The maximum absolute atomic E-state index is 12.5. The first-order valence-electron chi connectivity index (χ1n) is 9.48.